The van der Waals surface area contributed by atoms with Gasteiger partial charge in [-0.2, -0.15) is 0 Å². The molecule has 4 N–H and O–H groups in total. The first-order chi connectivity index (χ1) is 12.5. The fourth-order valence-corrected chi connectivity index (χ4v) is 3.22. The zero-order valence-corrected chi connectivity index (χ0v) is 15.4. The molecule has 3 nitrogen and oxygen atoms in total. The molecular weight excluding hydrogens is 342 g/mol. The highest BCUT2D eigenvalue weighted by atomic mass is 32.1. The molecule has 26 heavy (non-hydrogen) atoms. The first-order valence-corrected chi connectivity index (χ1v) is 9.17. The second-order valence-corrected chi connectivity index (χ2v) is 6.91. The molecule has 0 unspecified atom stereocenters. The topological polar surface area (TPSA) is 66.5 Å². The highest BCUT2D eigenvalue weighted by molar-refractivity contribution is 7.80. The number of hydrogen-bond donors (Lipinski definition) is 4. The van der Waals surface area contributed by atoms with Crippen LogP contribution < -0.4 is 5.73 Å². The van der Waals surface area contributed by atoms with E-state index in [2.05, 4.69) is 36.9 Å². The average Bonchev–Trinajstić information content (AvgIpc) is 2.66. The predicted molar refractivity (Wildman–Crippen MR) is 110 cm³/mol. The molecule has 0 atom stereocenters. The van der Waals surface area contributed by atoms with Gasteiger partial charge >= 0.3 is 0 Å². The number of hydrogen-bond acceptors (Lipinski definition) is 4. The van der Waals surface area contributed by atoms with E-state index in [4.69, 9.17) is 5.73 Å². The summed E-state index contributed by atoms with van der Waals surface area (Å²) in [6.07, 6.45) is 4.27. The fraction of sp³-hybridized carbons (Fsp3) is 0.182. The van der Waals surface area contributed by atoms with Crippen molar-refractivity contribution in [1.82, 2.24) is 0 Å². The molecule has 0 spiro atoms. The zero-order chi connectivity index (χ0) is 18.5. The van der Waals surface area contributed by atoms with Gasteiger partial charge in [-0.3, -0.25) is 0 Å². The molecule has 0 amide bonds. The van der Waals surface area contributed by atoms with E-state index >= 15 is 0 Å². The van der Waals surface area contributed by atoms with Crippen LogP contribution in [0.3, 0.4) is 0 Å². The van der Waals surface area contributed by atoms with Gasteiger partial charge < -0.3 is 15.9 Å². The number of anilines is 1. The van der Waals surface area contributed by atoms with Crippen LogP contribution in [0.5, 0.6) is 11.5 Å². The van der Waals surface area contributed by atoms with Crippen molar-refractivity contribution < 1.29 is 10.2 Å². The fourth-order valence-electron chi connectivity index (χ4n) is 3.02. The molecule has 3 aromatic carbocycles. The number of nitrogen functional groups attached to an aromatic ring is 1. The normalized spacial score (nSPS) is 10.8. The van der Waals surface area contributed by atoms with Crippen molar-refractivity contribution in [3.05, 3.63) is 71.8 Å². The molecule has 0 fully saturated rings. The number of nitrogens with two attached hydrogens (primary N) is 1. The number of aryl methyl sites for hydroxylation is 2. The van der Waals surface area contributed by atoms with E-state index in [1.165, 1.54) is 11.1 Å². The maximum absolute atomic E-state index is 9.66. The summed E-state index contributed by atoms with van der Waals surface area (Å²) < 4.78 is 0. The molecule has 3 aromatic rings. The van der Waals surface area contributed by atoms with E-state index in [0.29, 0.717) is 16.3 Å². The molecule has 0 aromatic heterocycles. The number of unbranched alkanes of at least 4 members (excludes halogenated alkanes) is 1. The Kier molecular flexibility index (Phi) is 5.74. The minimum Gasteiger partial charge on any atom is -0.508 e. The van der Waals surface area contributed by atoms with Gasteiger partial charge in [0.05, 0.1) is 10.6 Å². The average molecular weight is 365 g/mol. The number of phenols is 2. The van der Waals surface area contributed by atoms with E-state index in [-0.39, 0.29) is 5.75 Å². The smallest absolute Gasteiger partial charge is 0.131 e. The van der Waals surface area contributed by atoms with E-state index in [1.54, 1.807) is 18.2 Å². The molecular formula is C22H23NO2S. The van der Waals surface area contributed by atoms with Crippen LogP contribution in [0.15, 0.2) is 65.6 Å². The Labute approximate surface area is 159 Å². The third kappa shape index (κ3) is 4.33. The lowest BCUT2D eigenvalue weighted by Crippen LogP contribution is -1.93. The summed E-state index contributed by atoms with van der Waals surface area (Å²) in [6.45, 7) is 0. The van der Waals surface area contributed by atoms with Gasteiger partial charge in [0.2, 0.25) is 0 Å². The molecule has 0 bridgehead atoms. The Balaban J connectivity index is 1.56. The minimum atomic E-state index is 0.0971. The van der Waals surface area contributed by atoms with Gasteiger partial charge in [-0.1, -0.05) is 36.4 Å². The van der Waals surface area contributed by atoms with Crippen LogP contribution in [-0.4, -0.2) is 10.2 Å². The molecule has 0 saturated carbocycles. The largest absolute Gasteiger partial charge is 0.508 e. The Hall–Kier alpha value is -2.59. The monoisotopic (exact) mass is 365 g/mol. The lowest BCUT2D eigenvalue weighted by atomic mass is 9.99. The number of phenolic OH excluding ortho intramolecular Hbond substituents is 2. The third-order valence-corrected chi connectivity index (χ3v) is 5.05. The van der Waals surface area contributed by atoms with Crippen LogP contribution in [0, 0.1) is 0 Å². The molecule has 0 aliphatic heterocycles. The number of aromatic hydroxyl groups is 2. The third-order valence-electron chi connectivity index (χ3n) is 4.58. The van der Waals surface area contributed by atoms with E-state index < -0.39 is 0 Å². The van der Waals surface area contributed by atoms with Crippen molar-refractivity contribution in [2.24, 2.45) is 0 Å². The number of thiol groups is 1. The van der Waals surface area contributed by atoms with Gasteiger partial charge in [-0.15, -0.1) is 12.6 Å². The van der Waals surface area contributed by atoms with Gasteiger partial charge in [-0.05, 0) is 66.6 Å². The highest BCUT2D eigenvalue weighted by Crippen LogP contribution is 2.36. The molecule has 0 heterocycles. The van der Waals surface area contributed by atoms with Gasteiger partial charge in [0, 0.05) is 5.56 Å². The van der Waals surface area contributed by atoms with Crippen LogP contribution >= 0.6 is 12.6 Å². The van der Waals surface area contributed by atoms with Crippen LogP contribution in [0.2, 0.25) is 0 Å². The quantitative estimate of drug-likeness (QED) is 0.276. The SMILES string of the molecule is Nc1c(-c2ccc(CCCCc3ccc(O)cc3)cc2)ccc(O)c1S. The van der Waals surface area contributed by atoms with Crippen molar-refractivity contribution in [1.29, 1.82) is 0 Å². The van der Waals surface area contributed by atoms with Crippen LogP contribution in [0.25, 0.3) is 11.1 Å². The zero-order valence-electron chi connectivity index (χ0n) is 14.5. The van der Waals surface area contributed by atoms with Crippen molar-refractivity contribution in [3.63, 3.8) is 0 Å². The lowest BCUT2D eigenvalue weighted by molar-refractivity contribution is 0.463. The lowest BCUT2D eigenvalue weighted by Gasteiger charge is -2.10. The Bertz CT molecular complexity index is 874. The minimum absolute atomic E-state index is 0.0971. The highest BCUT2D eigenvalue weighted by Gasteiger charge is 2.09. The van der Waals surface area contributed by atoms with Gasteiger partial charge in [-0.25, -0.2) is 0 Å². The van der Waals surface area contributed by atoms with Crippen molar-refractivity contribution in [2.45, 2.75) is 30.6 Å². The first kappa shape index (κ1) is 18.2. The number of rotatable bonds is 6. The Morgan fingerprint density at radius 3 is 1.85 bits per heavy atom. The summed E-state index contributed by atoms with van der Waals surface area (Å²) >= 11 is 4.26. The van der Waals surface area contributed by atoms with E-state index in [1.807, 2.05) is 18.2 Å². The molecule has 0 aliphatic rings. The maximum atomic E-state index is 9.66. The summed E-state index contributed by atoms with van der Waals surface area (Å²) in [6, 6.07) is 19.2. The standard InChI is InChI=1S/C22H23NO2S/c23-21-19(13-14-20(25)22(21)26)17-9-5-15(6-10-17)3-1-2-4-16-7-11-18(24)12-8-16/h5-14,24-26H,1-4,23H2. The molecule has 0 saturated heterocycles. The van der Waals surface area contributed by atoms with Crippen molar-refractivity contribution >= 4 is 18.3 Å². The van der Waals surface area contributed by atoms with Crippen molar-refractivity contribution in [3.8, 4) is 22.6 Å². The Morgan fingerprint density at radius 2 is 1.27 bits per heavy atom. The summed E-state index contributed by atoms with van der Waals surface area (Å²) in [5.41, 5.74) is 11.0. The van der Waals surface area contributed by atoms with Crippen LogP contribution in [0.4, 0.5) is 5.69 Å². The Morgan fingerprint density at radius 1 is 0.731 bits per heavy atom. The summed E-state index contributed by atoms with van der Waals surface area (Å²) in [5, 5.41) is 19.0. The number of benzene rings is 3. The second-order valence-electron chi connectivity index (χ2n) is 6.47. The van der Waals surface area contributed by atoms with Gasteiger partial charge in [0.1, 0.15) is 11.5 Å². The van der Waals surface area contributed by atoms with Crippen LogP contribution in [0.1, 0.15) is 24.0 Å². The first-order valence-electron chi connectivity index (χ1n) is 8.72. The molecule has 0 aliphatic carbocycles. The summed E-state index contributed by atoms with van der Waals surface area (Å²) in [7, 11) is 0. The molecule has 0 radical (unpaired) electrons. The molecule has 3 rings (SSSR count). The summed E-state index contributed by atoms with van der Waals surface area (Å²) in [4.78, 5) is 0.417. The van der Waals surface area contributed by atoms with E-state index in [9.17, 15) is 10.2 Å². The van der Waals surface area contributed by atoms with E-state index in [0.717, 1.165) is 36.8 Å². The molecule has 4 heteroatoms. The summed E-state index contributed by atoms with van der Waals surface area (Å²) in [5.74, 6) is 0.410. The van der Waals surface area contributed by atoms with Crippen molar-refractivity contribution in [2.75, 3.05) is 5.73 Å². The molecule has 134 valence electrons. The second kappa shape index (κ2) is 8.19. The maximum Gasteiger partial charge on any atom is 0.131 e. The van der Waals surface area contributed by atoms with Gasteiger partial charge in [0.25, 0.3) is 0 Å². The predicted octanol–water partition coefficient (Wildman–Crippen LogP) is 5.20. The van der Waals surface area contributed by atoms with Gasteiger partial charge in [0.15, 0.2) is 0 Å². The van der Waals surface area contributed by atoms with Crippen LogP contribution in [-0.2, 0) is 12.8 Å².